The second-order valence-electron chi connectivity index (χ2n) is 9.28. The molecule has 1 aromatic rings. The Morgan fingerprint density at radius 3 is 2.03 bits per heavy atom. The molecule has 0 unspecified atom stereocenters. The molecule has 0 spiro atoms. The first-order chi connectivity index (χ1) is 13.7. The summed E-state index contributed by atoms with van der Waals surface area (Å²) in [4.78, 5) is 14.2. The summed E-state index contributed by atoms with van der Waals surface area (Å²) in [5, 5.41) is 16.1. The Balaban J connectivity index is 2.68. The lowest BCUT2D eigenvalue weighted by Gasteiger charge is -2.28. The number of amides is 2. The molecular weight excluding hydrogens is 406 g/mol. The number of azide groups is 1. The Labute approximate surface area is 178 Å². The number of nitrogens with zero attached hydrogens (tertiary/aromatic N) is 3. The van der Waals surface area contributed by atoms with Crippen LogP contribution in [0.25, 0.3) is 10.4 Å². The average Bonchev–Trinajstić information content (AvgIpc) is 2.58. The molecule has 0 heterocycles. The number of rotatable bonds is 8. The minimum absolute atomic E-state index is 0.146. The minimum Gasteiger partial charge on any atom is -0.507 e. The van der Waals surface area contributed by atoms with E-state index in [0.29, 0.717) is 18.7 Å². The first-order valence-electron chi connectivity index (χ1n) is 9.85. The largest absolute Gasteiger partial charge is 0.507 e. The Morgan fingerprint density at radius 2 is 1.57 bits per heavy atom. The van der Waals surface area contributed by atoms with Gasteiger partial charge in [-0.1, -0.05) is 53.7 Å². The number of carbonyl (C=O) groups is 1. The molecule has 0 saturated carbocycles. The molecule has 1 aromatic carbocycles. The van der Waals surface area contributed by atoms with Crippen molar-refractivity contribution in [2.75, 3.05) is 18.8 Å². The molecule has 10 heteroatoms. The van der Waals surface area contributed by atoms with Crippen molar-refractivity contribution in [3.8, 4) is 5.75 Å². The molecule has 0 radical (unpaired) electrons. The molecule has 30 heavy (non-hydrogen) atoms. The van der Waals surface area contributed by atoms with Gasteiger partial charge in [-0.2, -0.15) is 0 Å². The maximum absolute atomic E-state index is 11.9. The summed E-state index contributed by atoms with van der Waals surface area (Å²) < 4.78 is 25.2. The number of hydrogen-bond acceptors (Lipinski definition) is 4. The number of benzene rings is 1. The Bertz CT molecular complexity index is 873. The fraction of sp³-hybridized carbons (Fsp3) is 0.650. The monoisotopic (exact) mass is 439 g/mol. The van der Waals surface area contributed by atoms with Gasteiger partial charge in [0.2, 0.25) is 10.0 Å². The molecule has 3 N–H and O–H groups in total. The van der Waals surface area contributed by atoms with Gasteiger partial charge in [-0.3, -0.25) is 0 Å². The first-order valence-corrected chi connectivity index (χ1v) is 11.5. The van der Waals surface area contributed by atoms with Gasteiger partial charge in [-0.05, 0) is 45.9 Å². The third-order valence-corrected chi connectivity index (χ3v) is 5.64. The third kappa shape index (κ3) is 8.12. The molecule has 168 valence electrons. The SMILES string of the molecule is CC(C)(C)c1cc(CCNC(=O)NCCCS(=O)(=O)N=[N+]=[N-])cc(C(C)(C)C)c1O. The van der Waals surface area contributed by atoms with E-state index in [0.717, 1.165) is 16.7 Å². The zero-order chi connectivity index (χ0) is 23.2. The van der Waals surface area contributed by atoms with E-state index in [1.54, 1.807) is 0 Å². The van der Waals surface area contributed by atoms with Gasteiger partial charge >= 0.3 is 6.03 Å². The normalized spacial score (nSPS) is 12.2. The lowest BCUT2D eigenvalue weighted by atomic mass is 9.78. The van der Waals surface area contributed by atoms with E-state index in [2.05, 4.69) is 20.1 Å². The van der Waals surface area contributed by atoms with E-state index < -0.39 is 16.1 Å². The molecule has 1 rings (SSSR count). The van der Waals surface area contributed by atoms with E-state index >= 15 is 0 Å². The maximum atomic E-state index is 11.9. The highest BCUT2D eigenvalue weighted by atomic mass is 32.2. The van der Waals surface area contributed by atoms with Crippen LogP contribution >= 0.6 is 0 Å². The van der Waals surface area contributed by atoms with E-state index in [4.69, 9.17) is 5.53 Å². The highest BCUT2D eigenvalue weighted by Crippen LogP contribution is 2.39. The molecule has 0 aliphatic rings. The zero-order valence-electron chi connectivity index (χ0n) is 18.6. The summed E-state index contributed by atoms with van der Waals surface area (Å²) in [5.41, 5.74) is 10.5. The summed E-state index contributed by atoms with van der Waals surface area (Å²) in [6, 6.07) is 3.55. The number of aromatic hydroxyl groups is 1. The predicted octanol–water partition coefficient (Wildman–Crippen LogP) is 3.86. The minimum atomic E-state index is -3.80. The van der Waals surface area contributed by atoms with Crippen LogP contribution in [-0.2, 0) is 27.3 Å². The van der Waals surface area contributed by atoms with Crippen LogP contribution < -0.4 is 10.6 Å². The summed E-state index contributed by atoms with van der Waals surface area (Å²) in [5.74, 6) is -0.00383. The van der Waals surface area contributed by atoms with Crippen molar-refractivity contribution in [2.45, 2.75) is 65.2 Å². The molecule has 0 atom stereocenters. The van der Waals surface area contributed by atoms with Gasteiger partial charge in [0.05, 0.1) is 5.75 Å². The molecular formula is C20H33N5O4S. The van der Waals surface area contributed by atoms with Gasteiger partial charge in [0.1, 0.15) is 5.75 Å². The number of phenols is 1. The molecule has 0 bridgehead atoms. The van der Waals surface area contributed by atoms with E-state index in [9.17, 15) is 18.3 Å². The topological polar surface area (TPSA) is 144 Å². The van der Waals surface area contributed by atoms with E-state index in [1.807, 2.05) is 53.7 Å². The average molecular weight is 440 g/mol. The molecule has 0 aliphatic carbocycles. The second-order valence-corrected chi connectivity index (χ2v) is 11.0. The van der Waals surface area contributed by atoms with Crippen molar-refractivity contribution in [1.29, 1.82) is 0 Å². The predicted molar refractivity (Wildman–Crippen MR) is 118 cm³/mol. The number of urea groups is 1. The molecule has 0 aliphatic heterocycles. The van der Waals surface area contributed by atoms with Gasteiger partial charge in [0.15, 0.2) is 0 Å². The zero-order valence-corrected chi connectivity index (χ0v) is 19.4. The molecule has 0 fully saturated rings. The second kappa shape index (κ2) is 10.0. The Morgan fingerprint density at radius 1 is 1.07 bits per heavy atom. The lowest BCUT2D eigenvalue weighted by molar-refractivity contribution is 0.241. The van der Waals surface area contributed by atoms with Crippen molar-refractivity contribution < 1.29 is 18.3 Å². The van der Waals surface area contributed by atoms with Crippen LogP contribution in [0.1, 0.15) is 64.7 Å². The van der Waals surface area contributed by atoms with Gasteiger partial charge in [-0.15, -0.1) is 0 Å². The maximum Gasteiger partial charge on any atom is 0.314 e. The third-order valence-electron chi connectivity index (χ3n) is 4.51. The Hall–Kier alpha value is -2.45. The number of sulfonamides is 1. The van der Waals surface area contributed by atoms with Crippen molar-refractivity contribution in [1.82, 2.24) is 10.6 Å². The van der Waals surface area contributed by atoms with Crippen LogP contribution in [0, 0.1) is 0 Å². The molecule has 0 aromatic heterocycles. The van der Waals surface area contributed by atoms with Crippen molar-refractivity contribution in [3.05, 3.63) is 39.3 Å². The van der Waals surface area contributed by atoms with Gasteiger partial charge in [0, 0.05) is 22.5 Å². The number of nitrogens with one attached hydrogen (secondary N) is 2. The van der Waals surface area contributed by atoms with E-state index in [1.165, 1.54) is 0 Å². The fourth-order valence-electron chi connectivity index (χ4n) is 2.92. The summed E-state index contributed by atoms with van der Waals surface area (Å²) in [7, 11) is -3.80. The summed E-state index contributed by atoms with van der Waals surface area (Å²) in [6.07, 6.45) is 0.738. The summed E-state index contributed by atoms with van der Waals surface area (Å²) >= 11 is 0. The number of carbonyl (C=O) groups excluding carboxylic acids is 1. The van der Waals surface area contributed by atoms with Gasteiger partial charge in [-0.25, -0.2) is 13.2 Å². The molecule has 0 saturated heterocycles. The first kappa shape index (κ1) is 25.6. The lowest BCUT2D eigenvalue weighted by Crippen LogP contribution is -2.37. The van der Waals surface area contributed by atoms with Crippen LogP contribution in [0.4, 0.5) is 4.79 Å². The van der Waals surface area contributed by atoms with Crippen molar-refractivity contribution >= 4 is 16.1 Å². The van der Waals surface area contributed by atoms with Crippen LogP contribution in [0.2, 0.25) is 0 Å². The quantitative estimate of drug-likeness (QED) is 0.244. The summed E-state index contributed by atoms with van der Waals surface area (Å²) in [6.45, 7) is 12.8. The standard InChI is InChI=1S/C20H33N5O4S/c1-19(2,3)15-12-14(13-16(17(15)26)20(4,5)6)8-10-23-18(27)22-9-7-11-30(28,29)25-24-21/h12-13,26H,7-11H2,1-6H3,(H2,22,23,27). The van der Waals surface area contributed by atoms with Crippen LogP contribution in [-0.4, -0.2) is 38.4 Å². The molecule has 2 amide bonds. The van der Waals surface area contributed by atoms with Crippen LogP contribution in [0.5, 0.6) is 5.75 Å². The Kier molecular flexibility index (Phi) is 8.56. The fourth-order valence-corrected chi connectivity index (χ4v) is 3.62. The van der Waals surface area contributed by atoms with Crippen LogP contribution in [0.15, 0.2) is 16.7 Å². The van der Waals surface area contributed by atoms with Gasteiger partial charge < -0.3 is 15.7 Å². The van der Waals surface area contributed by atoms with Crippen LogP contribution in [0.3, 0.4) is 0 Å². The smallest absolute Gasteiger partial charge is 0.314 e. The van der Waals surface area contributed by atoms with Gasteiger partial charge in [0.25, 0.3) is 0 Å². The molecule has 9 nitrogen and oxygen atoms in total. The number of hydrogen-bond donors (Lipinski definition) is 3. The van der Waals surface area contributed by atoms with Crippen molar-refractivity contribution in [2.24, 2.45) is 4.52 Å². The highest BCUT2D eigenvalue weighted by Gasteiger charge is 2.26. The van der Waals surface area contributed by atoms with Crippen molar-refractivity contribution in [3.63, 3.8) is 0 Å². The number of phenolic OH excluding ortho intramolecular Hbond substituents is 1. The highest BCUT2D eigenvalue weighted by molar-refractivity contribution is 7.89. The van der Waals surface area contributed by atoms with E-state index in [-0.39, 0.29) is 29.5 Å².